The van der Waals surface area contributed by atoms with Crippen molar-refractivity contribution < 1.29 is 14.1 Å². The van der Waals surface area contributed by atoms with Gasteiger partial charge < -0.3 is 14.3 Å². The van der Waals surface area contributed by atoms with Crippen molar-refractivity contribution in [2.24, 2.45) is 5.92 Å². The van der Waals surface area contributed by atoms with Gasteiger partial charge in [-0.1, -0.05) is 35.5 Å². The zero-order valence-corrected chi connectivity index (χ0v) is 15.9. The second-order valence-corrected chi connectivity index (χ2v) is 7.64. The molecular formula is C21H25N3O3. The quantitative estimate of drug-likeness (QED) is 0.837. The molecule has 2 saturated heterocycles. The van der Waals surface area contributed by atoms with E-state index in [-0.39, 0.29) is 17.9 Å². The fourth-order valence-corrected chi connectivity index (χ4v) is 4.43. The van der Waals surface area contributed by atoms with E-state index >= 15 is 0 Å². The lowest BCUT2D eigenvalue weighted by molar-refractivity contribution is -0.133. The molecule has 0 radical (unpaired) electrons. The van der Waals surface area contributed by atoms with Crippen LogP contribution in [0.2, 0.25) is 0 Å². The van der Waals surface area contributed by atoms with Crippen molar-refractivity contribution >= 4 is 11.8 Å². The maximum atomic E-state index is 13.0. The summed E-state index contributed by atoms with van der Waals surface area (Å²) < 4.78 is 5.17. The second kappa shape index (κ2) is 7.18. The van der Waals surface area contributed by atoms with Crippen molar-refractivity contribution in [1.29, 1.82) is 0 Å². The number of fused-ring (bicyclic) bond motifs is 1. The number of hydrogen-bond donors (Lipinski definition) is 0. The molecule has 4 rings (SSSR count). The minimum atomic E-state index is -0.0357. The van der Waals surface area contributed by atoms with Crippen LogP contribution < -0.4 is 0 Å². The van der Waals surface area contributed by atoms with E-state index in [2.05, 4.69) is 17.3 Å². The highest BCUT2D eigenvalue weighted by Gasteiger charge is 2.42. The standard InChI is InChI=1S/C21H25N3O3/c1-14-20(15(2)27-22-14)21(26)23-12-17-9-6-10-19(25)24(18(17)13-23)11-16-7-4-3-5-8-16/h3-5,7-8,17-18H,6,9-13H2,1-2H3/t17-,18+/m1/s1. The monoisotopic (exact) mass is 367 g/mol. The van der Waals surface area contributed by atoms with E-state index in [0.29, 0.717) is 49.0 Å². The molecule has 3 heterocycles. The first-order valence-electron chi connectivity index (χ1n) is 9.60. The second-order valence-electron chi connectivity index (χ2n) is 7.64. The molecule has 0 spiro atoms. The van der Waals surface area contributed by atoms with Crippen LogP contribution in [0.4, 0.5) is 0 Å². The molecule has 2 aliphatic rings. The topological polar surface area (TPSA) is 66.7 Å². The first-order chi connectivity index (χ1) is 13.0. The van der Waals surface area contributed by atoms with Crippen LogP contribution in [0.25, 0.3) is 0 Å². The Labute approximate surface area is 159 Å². The number of hydrogen-bond acceptors (Lipinski definition) is 4. The van der Waals surface area contributed by atoms with Gasteiger partial charge in [0.15, 0.2) is 0 Å². The number of amides is 2. The van der Waals surface area contributed by atoms with Crippen molar-refractivity contribution in [3.05, 3.63) is 52.9 Å². The van der Waals surface area contributed by atoms with E-state index in [0.717, 1.165) is 18.4 Å². The molecule has 1 aromatic heterocycles. The van der Waals surface area contributed by atoms with Gasteiger partial charge in [-0.3, -0.25) is 9.59 Å². The summed E-state index contributed by atoms with van der Waals surface area (Å²) in [6, 6.07) is 10.2. The number of nitrogens with zero attached hydrogens (tertiary/aromatic N) is 3. The van der Waals surface area contributed by atoms with Gasteiger partial charge in [-0.15, -0.1) is 0 Å². The van der Waals surface area contributed by atoms with Gasteiger partial charge in [-0.25, -0.2) is 0 Å². The van der Waals surface area contributed by atoms with Gasteiger partial charge in [0.05, 0.1) is 11.7 Å². The number of likely N-dealkylation sites (tertiary alicyclic amines) is 2. The SMILES string of the molecule is Cc1noc(C)c1C(=O)N1C[C@H]2CCCC(=O)N(Cc3ccccc3)[C@H]2C1. The minimum Gasteiger partial charge on any atom is -0.361 e. The Hall–Kier alpha value is -2.63. The zero-order valence-electron chi connectivity index (χ0n) is 15.9. The van der Waals surface area contributed by atoms with E-state index in [1.165, 1.54) is 0 Å². The molecule has 1 aromatic carbocycles. The molecule has 6 nitrogen and oxygen atoms in total. The number of benzene rings is 1. The highest BCUT2D eigenvalue weighted by molar-refractivity contribution is 5.96. The Kier molecular flexibility index (Phi) is 4.72. The molecular weight excluding hydrogens is 342 g/mol. The molecule has 6 heteroatoms. The highest BCUT2D eigenvalue weighted by atomic mass is 16.5. The van der Waals surface area contributed by atoms with E-state index in [1.54, 1.807) is 13.8 Å². The van der Waals surface area contributed by atoms with E-state index in [9.17, 15) is 9.59 Å². The summed E-state index contributed by atoms with van der Waals surface area (Å²) in [4.78, 5) is 29.7. The van der Waals surface area contributed by atoms with E-state index in [4.69, 9.17) is 4.52 Å². The van der Waals surface area contributed by atoms with Crippen LogP contribution >= 0.6 is 0 Å². The summed E-state index contributed by atoms with van der Waals surface area (Å²) in [6.45, 7) is 5.43. The van der Waals surface area contributed by atoms with Crippen LogP contribution in [0.1, 0.15) is 46.6 Å². The normalized spacial score (nSPS) is 22.7. The molecule has 0 aliphatic carbocycles. The molecule has 2 amide bonds. The van der Waals surface area contributed by atoms with Crippen molar-refractivity contribution in [2.45, 2.75) is 45.7 Å². The molecule has 2 atom stereocenters. The highest BCUT2D eigenvalue weighted by Crippen LogP contribution is 2.33. The Morgan fingerprint density at radius 1 is 1.22 bits per heavy atom. The predicted octanol–water partition coefficient (Wildman–Crippen LogP) is 2.94. The fraction of sp³-hybridized carbons (Fsp3) is 0.476. The fourth-order valence-electron chi connectivity index (χ4n) is 4.43. The van der Waals surface area contributed by atoms with Crippen LogP contribution in [0.15, 0.2) is 34.9 Å². The lowest BCUT2D eigenvalue weighted by Gasteiger charge is -2.30. The molecule has 27 heavy (non-hydrogen) atoms. The van der Waals surface area contributed by atoms with Gasteiger partial charge in [0.25, 0.3) is 5.91 Å². The third kappa shape index (κ3) is 3.36. The number of aryl methyl sites for hydroxylation is 2. The lowest BCUT2D eigenvalue weighted by Crippen LogP contribution is -2.43. The number of rotatable bonds is 3. The molecule has 0 unspecified atom stereocenters. The molecule has 142 valence electrons. The van der Waals surface area contributed by atoms with E-state index < -0.39 is 0 Å². The van der Waals surface area contributed by atoms with Gasteiger partial charge in [0.1, 0.15) is 11.3 Å². The average Bonchev–Trinajstić information content (AvgIpc) is 3.19. The van der Waals surface area contributed by atoms with E-state index in [1.807, 2.05) is 28.0 Å². The van der Waals surface area contributed by atoms with Crippen LogP contribution in [0.5, 0.6) is 0 Å². The average molecular weight is 367 g/mol. The van der Waals surface area contributed by atoms with Gasteiger partial charge >= 0.3 is 0 Å². The summed E-state index contributed by atoms with van der Waals surface area (Å²) in [7, 11) is 0. The largest absolute Gasteiger partial charge is 0.361 e. The van der Waals surface area contributed by atoms with Crippen molar-refractivity contribution in [3.8, 4) is 0 Å². The summed E-state index contributed by atoms with van der Waals surface area (Å²) in [5.41, 5.74) is 2.32. The molecule has 0 bridgehead atoms. The number of aromatic nitrogens is 1. The minimum absolute atomic E-state index is 0.0357. The molecule has 2 fully saturated rings. The molecule has 0 N–H and O–H groups in total. The smallest absolute Gasteiger partial charge is 0.259 e. The maximum absolute atomic E-state index is 13.0. The van der Waals surface area contributed by atoms with Crippen LogP contribution in [-0.2, 0) is 11.3 Å². The Balaban J connectivity index is 1.57. The molecule has 2 aromatic rings. The molecule has 0 saturated carbocycles. The summed E-state index contributed by atoms with van der Waals surface area (Å²) >= 11 is 0. The third-order valence-corrected chi connectivity index (χ3v) is 5.82. The van der Waals surface area contributed by atoms with Crippen LogP contribution in [-0.4, -0.2) is 45.9 Å². The number of carbonyl (C=O) groups is 2. The molecule has 2 aliphatic heterocycles. The van der Waals surface area contributed by atoms with Crippen LogP contribution in [0.3, 0.4) is 0 Å². The zero-order chi connectivity index (χ0) is 19.0. The Morgan fingerprint density at radius 2 is 2.00 bits per heavy atom. The van der Waals surface area contributed by atoms with Gasteiger partial charge in [-0.05, 0) is 38.2 Å². The third-order valence-electron chi connectivity index (χ3n) is 5.82. The Bertz CT molecular complexity index is 826. The van der Waals surface area contributed by atoms with Gasteiger partial charge in [0.2, 0.25) is 5.91 Å². The van der Waals surface area contributed by atoms with Crippen molar-refractivity contribution in [1.82, 2.24) is 15.0 Å². The summed E-state index contributed by atoms with van der Waals surface area (Å²) in [5.74, 6) is 1.04. The van der Waals surface area contributed by atoms with Crippen molar-refractivity contribution in [3.63, 3.8) is 0 Å². The van der Waals surface area contributed by atoms with Crippen molar-refractivity contribution in [2.75, 3.05) is 13.1 Å². The predicted molar refractivity (Wildman–Crippen MR) is 100 cm³/mol. The van der Waals surface area contributed by atoms with Crippen LogP contribution in [0, 0.1) is 19.8 Å². The summed E-state index contributed by atoms with van der Waals surface area (Å²) in [5, 5.41) is 3.91. The number of carbonyl (C=O) groups excluding carboxylic acids is 2. The first-order valence-corrected chi connectivity index (χ1v) is 9.60. The Morgan fingerprint density at radius 3 is 2.70 bits per heavy atom. The van der Waals surface area contributed by atoms with Gasteiger partial charge in [0, 0.05) is 26.1 Å². The maximum Gasteiger partial charge on any atom is 0.259 e. The lowest BCUT2D eigenvalue weighted by atomic mass is 9.98. The first kappa shape index (κ1) is 17.8. The van der Waals surface area contributed by atoms with Gasteiger partial charge in [-0.2, -0.15) is 0 Å². The summed E-state index contributed by atoms with van der Waals surface area (Å²) in [6.07, 6.45) is 2.46.